The summed E-state index contributed by atoms with van der Waals surface area (Å²) in [6, 6.07) is 5.23. The van der Waals surface area contributed by atoms with Crippen LogP contribution in [0.15, 0.2) is 23.1 Å². The van der Waals surface area contributed by atoms with Gasteiger partial charge >= 0.3 is 29.6 Å². The number of ether oxygens (including phenoxy) is 1. The summed E-state index contributed by atoms with van der Waals surface area (Å²) in [7, 11) is 1.46. The molecule has 84 valence electrons. The molecule has 1 rings (SSSR count). The van der Waals surface area contributed by atoms with Gasteiger partial charge in [0.1, 0.15) is 5.75 Å². The van der Waals surface area contributed by atoms with Crippen LogP contribution in [0.4, 0.5) is 0 Å². The normalized spacial score (nSPS) is 12.8. The van der Waals surface area contributed by atoms with Gasteiger partial charge in [-0.15, -0.1) is 0 Å². The molecule has 0 radical (unpaired) electrons. The van der Waals surface area contributed by atoms with Gasteiger partial charge in [-0.2, -0.15) is 0 Å². The smallest absolute Gasteiger partial charge is 0.768 e. The molecular weight excluding hydrogens is 235 g/mol. The van der Waals surface area contributed by atoms with Crippen LogP contribution < -0.4 is 34.3 Å². The Labute approximate surface area is 121 Å². The minimum absolute atomic E-state index is 0. The number of methoxy groups -OCH3 is 1. The van der Waals surface area contributed by atoms with Gasteiger partial charge in [0.2, 0.25) is 0 Å². The molecule has 0 aromatic heterocycles. The molecule has 1 aromatic rings. The van der Waals surface area contributed by atoms with Gasteiger partial charge in [-0.3, -0.25) is 4.21 Å². The zero-order chi connectivity index (χ0) is 11.6. The van der Waals surface area contributed by atoms with Crippen LogP contribution in [-0.4, -0.2) is 15.9 Å². The van der Waals surface area contributed by atoms with E-state index >= 15 is 0 Å². The van der Waals surface area contributed by atoms with E-state index in [4.69, 9.17) is 4.74 Å². The predicted octanol–water partition coefficient (Wildman–Crippen LogP) is -0.765. The summed E-state index contributed by atoms with van der Waals surface area (Å²) >= 11 is -2.26. The molecule has 0 N–H and O–H groups in total. The molecule has 5 heteroatoms. The number of hydrogen-bond acceptors (Lipinski definition) is 3. The molecule has 0 aliphatic rings. The van der Waals surface area contributed by atoms with Gasteiger partial charge in [0.05, 0.1) is 12.0 Å². The van der Waals surface area contributed by atoms with E-state index in [-0.39, 0.29) is 39.9 Å². The number of hydrogen-bond donors (Lipinski definition) is 0. The molecule has 0 spiro atoms. The first-order chi connectivity index (χ1) is 6.86. The van der Waals surface area contributed by atoms with Crippen LogP contribution in [0.25, 0.3) is 0 Å². The Morgan fingerprint density at radius 3 is 2.25 bits per heavy atom. The van der Waals surface area contributed by atoms with Crippen LogP contribution in [0, 0.1) is 0 Å². The fraction of sp³-hybridized carbons (Fsp3) is 0.455. The second-order valence-electron chi connectivity index (χ2n) is 4.35. The summed E-state index contributed by atoms with van der Waals surface area (Å²) in [6.07, 6.45) is 0. The number of benzene rings is 1. The summed E-state index contributed by atoms with van der Waals surface area (Å²) in [4.78, 5) is 0.213. The topological polar surface area (TPSA) is 49.4 Å². The van der Waals surface area contributed by atoms with Gasteiger partial charge in [-0.05, 0) is 34.2 Å². The van der Waals surface area contributed by atoms with Crippen LogP contribution in [0.2, 0.25) is 0 Å². The summed E-state index contributed by atoms with van der Waals surface area (Å²) < 4.78 is 26.9. The summed E-state index contributed by atoms with van der Waals surface area (Å²) in [5.41, 5.74) is 0.905. The molecule has 1 aromatic carbocycles. The van der Waals surface area contributed by atoms with Gasteiger partial charge in [0.15, 0.2) is 0 Å². The van der Waals surface area contributed by atoms with Gasteiger partial charge in [0.25, 0.3) is 0 Å². The molecule has 0 saturated carbocycles. The van der Waals surface area contributed by atoms with Crippen molar-refractivity contribution in [3.05, 3.63) is 23.8 Å². The van der Waals surface area contributed by atoms with Crippen molar-refractivity contribution in [2.75, 3.05) is 7.11 Å². The molecule has 0 bridgehead atoms. The van der Waals surface area contributed by atoms with Crippen LogP contribution in [0.3, 0.4) is 0 Å². The predicted molar refractivity (Wildman–Crippen MR) is 58.9 cm³/mol. The zero-order valence-corrected chi connectivity index (χ0v) is 13.2. The first-order valence-electron chi connectivity index (χ1n) is 4.64. The van der Waals surface area contributed by atoms with Crippen molar-refractivity contribution < 1.29 is 43.1 Å². The SMILES string of the molecule is COc1ccc(C(C)(C)C)cc1S(=O)[O-].[Na+]. The Morgan fingerprint density at radius 1 is 1.31 bits per heavy atom. The number of rotatable bonds is 2. The van der Waals surface area contributed by atoms with E-state index < -0.39 is 11.1 Å². The largest absolute Gasteiger partial charge is 1.00 e. The molecule has 0 amide bonds. The van der Waals surface area contributed by atoms with E-state index in [9.17, 15) is 8.76 Å². The summed E-state index contributed by atoms with van der Waals surface area (Å²) in [5, 5.41) is 0. The average Bonchev–Trinajstić information content (AvgIpc) is 2.15. The molecule has 16 heavy (non-hydrogen) atoms. The van der Waals surface area contributed by atoms with Crippen molar-refractivity contribution in [3.63, 3.8) is 0 Å². The molecule has 0 saturated heterocycles. The Kier molecular flexibility index (Phi) is 6.22. The van der Waals surface area contributed by atoms with Crippen molar-refractivity contribution in [1.82, 2.24) is 0 Å². The van der Waals surface area contributed by atoms with Crippen molar-refractivity contribution in [1.29, 1.82) is 0 Å². The van der Waals surface area contributed by atoms with Crippen LogP contribution in [-0.2, 0) is 16.5 Å². The molecule has 0 fully saturated rings. The van der Waals surface area contributed by atoms with Crippen molar-refractivity contribution >= 4 is 11.1 Å². The maximum absolute atomic E-state index is 11.0. The quantitative estimate of drug-likeness (QED) is 0.512. The first kappa shape index (κ1) is 16.1. The fourth-order valence-electron chi connectivity index (χ4n) is 1.27. The molecule has 1 unspecified atom stereocenters. The van der Waals surface area contributed by atoms with Gasteiger partial charge in [-0.1, -0.05) is 26.8 Å². The second kappa shape index (κ2) is 6.17. The molecule has 0 aliphatic carbocycles. The third-order valence-corrected chi connectivity index (χ3v) is 2.89. The maximum atomic E-state index is 11.0. The molecule has 3 nitrogen and oxygen atoms in total. The summed E-state index contributed by atoms with van der Waals surface area (Å²) in [6.45, 7) is 6.10. The Morgan fingerprint density at radius 2 is 1.88 bits per heavy atom. The molecule has 1 atom stereocenters. The third-order valence-electron chi connectivity index (χ3n) is 2.21. The van der Waals surface area contributed by atoms with Crippen molar-refractivity contribution in [2.24, 2.45) is 0 Å². The Hall–Kier alpha value is 0.130. The standard InChI is InChI=1S/C11H16O3S.Na/c1-11(2,3)8-5-6-9(14-4)10(7-8)15(12)13;/h5-7H,1-4H3,(H,12,13);/q;+1/p-1. The Balaban J connectivity index is 0.00000225. The van der Waals surface area contributed by atoms with Crippen LogP contribution in [0.1, 0.15) is 26.3 Å². The van der Waals surface area contributed by atoms with Crippen LogP contribution in [0.5, 0.6) is 5.75 Å². The van der Waals surface area contributed by atoms with E-state index in [0.29, 0.717) is 5.75 Å². The van der Waals surface area contributed by atoms with Gasteiger partial charge in [0, 0.05) is 0 Å². The van der Waals surface area contributed by atoms with E-state index in [2.05, 4.69) is 0 Å². The van der Waals surface area contributed by atoms with Gasteiger partial charge < -0.3 is 9.29 Å². The van der Waals surface area contributed by atoms with Crippen molar-refractivity contribution in [2.45, 2.75) is 31.1 Å². The average molecular weight is 250 g/mol. The van der Waals surface area contributed by atoms with E-state index in [1.807, 2.05) is 26.8 Å². The fourth-order valence-corrected chi connectivity index (χ4v) is 1.81. The molecule has 0 aliphatic heterocycles. The maximum Gasteiger partial charge on any atom is 1.00 e. The minimum atomic E-state index is -2.26. The molecular formula is C11H15NaO3S. The monoisotopic (exact) mass is 250 g/mol. The van der Waals surface area contributed by atoms with Crippen LogP contribution >= 0.6 is 0 Å². The molecule has 0 heterocycles. The van der Waals surface area contributed by atoms with E-state index in [1.54, 1.807) is 12.1 Å². The zero-order valence-electron chi connectivity index (χ0n) is 10.4. The summed E-state index contributed by atoms with van der Waals surface area (Å²) in [5.74, 6) is 0.385. The second-order valence-corrected chi connectivity index (χ2v) is 5.26. The minimum Gasteiger partial charge on any atom is -0.768 e. The van der Waals surface area contributed by atoms with E-state index in [1.165, 1.54) is 7.11 Å². The van der Waals surface area contributed by atoms with Crippen molar-refractivity contribution in [3.8, 4) is 5.75 Å². The Bertz CT molecular complexity index is 385. The first-order valence-corrected chi connectivity index (χ1v) is 5.71. The van der Waals surface area contributed by atoms with E-state index in [0.717, 1.165) is 5.56 Å². The van der Waals surface area contributed by atoms with Gasteiger partial charge in [-0.25, -0.2) is 0 Å². The third kappa shape index (κ3) is 3.86.